The predicted molar refractivity (Wildman–Crippen MR) is 67.6 cm³/mol. The molecule has 0 bridgehead atoms. The summed E-state index contributed by atoms with van der Waals surface area (Å²) in [6.45, 7) is 1.65. The molecule has 1 aromatic rings. The summed E-state index contributed by atoms with van der Waals surface area (Å²) < 4.78 is 26.5. The molecule has 0 heterocycles. The molecule has 0 aliphatic rings. The molecule has 0 unspecified atom stereocenters. The van der Waals surface area contributed by atoms with Crippen LogP contribution in [-0.2, 0) is 15.5 Å². The normalized spacial score (nSPS) is 11.2. The van der Waals surface area contributed by atoms with Gasteiger partial charge in [0.25, 0.3) is 0 Å². The first-order valence-corrected chi connectivity index (χ1v) is 7.64. The topological polar surface area (TPSA) is 86.5 Å². The first-order valence-electron chi connectivity index (χ1n) is 5.16. The lowest BCUT2D eigenvalue weighted by atomic mass is 10.1. The summed E-state index contributed by atoms with van der Waals surface area (Å²) in [7, 11) is 1.34. The van der Waals surface area contributed by atoms with Gasteiger partial charge in [0.15, 0.2) is 5.75 Å². The van der Waals surface area contributed by atoms with Crippen molar-refractivity contribution >= 4 is 25.4 Å². The number of aryl methyl sites for hydroxylation is 1. The Morgan fingerprint density at radius 2 is 2.11 bits per heavy atom. The SMILES string of the molecule is CCc1ccc(OCCS(=O)(=O)Cl)c([N+](=O)[O-])c1. The summed E-state index contributed by atoms with van der Waals surface area (Å²) in [6, 6.07) is 4.56. The monoisotopic (exact) mass is 293 g/mol. The van der Waals surface area contributed by atoms with Crippen LogP contribution in [0.25, 0.3) is 0 Å². The number of benzene rings is 1. The van der Waals surface area contributed by atoms with E-state index in [4.69, 9.17) is 15.4 Å². The zero-order valence-corrected chi connectivity index (χ0v) is 11.2. The summed E-state index contributed by atoms with van der Waals surface area (Å²) in [5.74, 6) is -0.362. The van der Waals surface area contributed by atoms with Crippen LogP contribution in [0.3, 0.4) is 0 Å². The molecular weight excluding hydrogens is 282 g/mol. The highest BCUT2D eigenvalue weighted by Gasteiger charge is 2.16. The van der Waals surface area contributed by atoms with Crippen molar-refractivity contribution in [2.45, 2.75) is 13.3 Å². The number of ether oxygens (including phenoxy) is 1. The average molecular weight is 294 g/mol. The number of hydrogen-bond acceptors (Lipinski definition) is 5. The zero-order chi connectivity index (χ0) is 13.8. The second kappa shape index (κ2) is 6.01. The van der Waals surface area contributed by atoms with Gasteiger partial charge in [-0.2, -0.15) is 0 Å². The Bertz CT molecular complexity index is 543. The molecule has 0 saturated carbocycles. The minimum absolute atomic E-state index is 0.0394. The highest BCUT2D eigenvalue weighted by atomic mass is 35.7. The van der Waals surface area contributed by atoms with E-state index in [1.165, 1.54) is 12.1 Å². The van der Waals surface area contributed by atoms with E-state index in [0.717, 1.165) is 5.56 Å². The largest absolute Gasteiger partial charge is 0.486 e. The van der Waals surface area contributed by atoms with Crippen molar-refractivity contribution in [1.29, 1.82) is 0 Å². The Morgan fingerprint density at radius 1 is 1.44 bits per heavy atom. The van der Waals surface area contributed by atoms with E-state index in [0.29, 0.717) is 6.42 Å². The van der Waals surface area contributed by atoms with Gasteiger partial charge in [0.1, 0.15) is 6.61 Å². The average Bonchev–Trinajstić information content (AvgIpc) is 2.27. The van der Waals surface area contributed by atoms with Crippen LogP contribution in [0, 0.1) is 10.1 Å². The second-order valence-electron chi connectivity index (χ2n) is 3.50. The van der Waals surface area contributed by atoms with Crippen LogP contribution in [0.4, 0.5) is 5.69 Å². The van der Waals surface area contributed by atoms with Crippen LogP contribution in [0.1, 0.15) is 12.5 Å². The molecule has 0 atom stereocenters. The van der Waals surface area contributed by atoms with Gasteiger partial charge in [-0.25, -0.2) is 8.42 Å². The summed E-state index contributed by atoms with van der Waals surface area (Å²) >= 11 is 0. The van der Waals surface area contributed by atoms with Crippen molar-refractivity contribution in [2.75, 3.05) is 12.4 Å². The summed E-state index contributed by atoms with van der Waals surface area (Å²) in [6.07, 6.45) is 0.664. The van der Waals surface area contributed by atoms with Crippen molar-refractivity contribution in [3.8, 4) is 5.75 Å². The van der Waals surface area contributed by atoms with Crippen LogP contribution >= 0.6 is 10.7 Å². The number of rotatable bonds is 6. The smallest absolute Gasteiger partial charge is 0.311 e. The maximum atomic E-state index is 10.8. The molecular formula is C10H12ClNO5S. The molecule has 0 saturated heterocycles. The molecule has 6 nitrogen and oxygen atoms in total. The first-order chi connectivity index (χ1) is 8.33. The fraction of sp³-hybridized carbons (Fsp3) is 0.400. The minimum Gasteiger partial charge on any atom is -0.486 e. The Labute approximate surface area is 109 Å². The van der Waals surface area contributed by atoms with Gasteiger partial charge in [-0.15, -0.1) is 0 Å². The third-order valence-corrected chi connectivity index (χ3v) is 3.33. The lowest BCUT2D eigenvalue weighted by Gasteiger charge is -2.06. The fourth-order valence-corrected chi connectivity index (χ4v) is 1.77. The van der Waals surface area contributed by atoms with Gasteiger partial charge in [0, 0.05) is 16.7 Å². The fourth-order valence-electron chi connectivity index (χ4n) is 1.30. The summed E-state index contributed by atoms with van der Waals surface area (Å²) in [5.41, 5.74) is 0.625. The van der Waals surface area contributed by atoms with E-state index in [1.54, 1.807) is 6.07 Å². The number of nitrogens with zero attached hydrogens (tertiary/aromatic N) is 1. The molecule has 0 spiro atoms. The van der Waals surface area contributed by atoms with E-state index < -0.39 is 19.7 Å². The van der Waals surface area contributed by atoms with Crippen molar-refractivity contribution in [1.82, 2.24) is 0 Å². The Morgan fingerprint density at radius 3 is 2.61 bits per heavy atom. The Hall–Kier alpha value is -1.34. The molecule has 0 aliphatic carbocycles. The predicted octanol–water partition coefficient (Wildman–Crippen LogP) is 2.10. The van der Waals surface area contributed by atoms with Crippen molar-refractivity contribution < 1.29 is 18.1 Å². The third kappa shape index (κ3) is 4.50. The van der Waals surface area contributed by atoms with Crippen LogP contribution in [-0.4, -0.2) is 25.7 Å². The van der Waals surface area contributed by atoms with E-state index in [2.05, 4.69) is 0 Å². The lowest BCUT2D eigenvalue weighted by molar-refractivity contribution is -0.385. The maximum Gasteiger partial charge on any atom is 0.311 e. The minimum atomic E-state index is -3.66. The van der Waals surface area contributed by atoms with Gasteiger partial charge in [-0.1, -0.05) is 13.0 Å². The van der Waals surface area contributed by atoms with Gasteiger partial charge in [-0.05, 0) is 18.1 Å². The molecule has 100 valence electrons. The molecule has 0 fully saturated rings. The van der Waals surface area contributed by atoms with Crippen molar-refractivity contribution in [3.05, 3.63) is 33.9 Å². The number of hydrogen-bond donors (Lipinski definition) is 0. The molecule has 1 aromatic carbocycles. The zero-order valence-electron chi connectivity index (χ0n) is 9.63. The second-order valence-corrected chi connectivity index (χ2v) is 6.40. The van der Waals surface area contributed by atoms with Gasteiger partial charge in [0.05, 0.1) is 10.7 Å². The van der Waals surface area contributed by atoms with Gasteiger partial charge >= 0.3 is 5.69 Å². The highest BCUT2D eigenvalue weighted by Crippen LogP contribution is 2.28. The number of nitro groups is 1. The molecule has 0 radical (unpaired) electrons. The van der Waals surface area contributed by atoms with E-state index in [-0.39, 0.29) is 18.0 Å². The highest BCUT2D eigenvalue weighted by molar-refractivity contribution is 8.13. The van der Waals surface area contributed by atoms with E-state index >= 15 is 0 Å². The Kier molecular flexibility index (Phi) is 4.92. The number of halogens is 1. The molecule has 0 amide bonds. The van der Waals surface area contributed by atoms with Crippen LogP contribution in [0.2, 0.25) is 0 Å². The van der Waals surface area contributed by atoms with Gasteiger partial charge in [0.2, 0.25) is 9.05 Å². The Balaban J connectivity index is 2.85. The maximum absolute atomic E-state index is 10.8. The standard InChI is InChI=1S/C10H12ClNO5S/c1-2-8-3-4-10(9(7-8)12(13)14)17-5-6-18(11,15)16/h3-4,7H,2,5-6H2,1H3. The van der Waals surface area contributed by atoms with Gasteiger partial charge in [-0.3, -0.25) is 10.1 Å². The van der Waals surface area contributed by atoms with Crippen LogP contribution < -0.4 is 4.74 Å². The lowest BCUT2D eigenvalue weighted by Crippen LogP contribution is -2.09. The van der Waals surface area contributed by atoms with Crippen molar-refractivity contribution in [2.24, 2.45) is 0 Å². The van der Waals surface area contributed by atoms with Gasteiger partial charge < -0.3 is 4.74 Å². The molecule has 0 aliphatic heterocycles. The van der Waals surface area contributed by atoms with Crippen LogP contribution in [0.15, 0.2) is 18.2 Å². The third-order valence-electron chi connectivity index (χ3n) is 2.21. The molecule has 8 heteroatoms. The van der Waals surface area contributed by atoms with E-state index in [9.17, 15) is 18.5 Å². The van der Waals surface area contributed by atoms with E-state index in [1.807, 2.05) is 6.92 Å². The molecule has 1 rings (SSSR count). The molecule has 18 heavy (non-hydrogen) atoms. The molecule has 0 N–H and O–H groups in total. The number of nitro benzene ring substituents is 1. The summed E-state index contributed by atoms with van der Waals surface area (Å²) in [4.78, 5) is 10.3. The van der Waals surface area contributed by atoms with Crippen LogP contribution in [0.5, 0.6) is 5.75 Å². The van der Waals surface area contributed by atoms with Crippen molar-refractivity contribution in [3.63, 3.8) is 0 Å². The quantitative estimate of drug-likeness (QED) is 0.455. The first kappa shape index (κ1) is 14.7. The molecule has 0 aromatic heterocycles. The summed E-state index contributed by atoms with van der Waals surface area (Å²) in [5, 5.41) is 10.8.